The fraction of sp³-hybridized carbons (Fsp3) is 0.704. The van der Waals surface area contributed by atoms with Crippen LogP contribution in [0.4, 0.5) is 5.69 Å². The molecule has 1 fully saturated rings. The summed E-state index contributed by atoms with van der Waals surface area (Å²) in [5.41, 5.74) is 0.168. The second-order valence-electron chi connectivity index (χ2n) is 9.91. The standard InChI is InChI=1S/C27H42N2O5/c1-6-33-19-27(4)26(31)28(16-10-11-17-32-5)23-18-21(14-15-24(23)34-27)25(30)29(20(2)3)22-12-8-7-9-13-22/h14-15,18,20,22H,6-13,16-17,19H2,1-5H3. The van der Waals surface area contributed by atoms with Crippen molar-refractivity contribution in [2.24, 2.45) is 0 Å². The van der Waals surface area contributed by atoms with Crippen molar-refractivity contribution in [3.63, 3.8) is 0 Å². The van der Waals surface area contributed by atoms with Crippen LogP contribution in [0.15, 0.2) is 18.2 Å². The van der Waals surface area contributed by atoms with Gasteiger partial charge < -0.3 is 24.0 Å². The van der Waals surface area contributed by atoms with Crippen molar-refractivity contribution >= 4 is 17.5 Å². The van der Waals surface area contributed by atoms with Crippen LogP contribution in [0.25, 0.3) is 0 Å². The van der Waals surface area contributed by atoms with Crippen LogP contribution >= 0.6 is 0 Å². The highest BCUT2D eigenvalue weighted by molar-refractivity contribution is 6.04. The molecule has 2 aliphatic rings. The number of unbranched alkanes of at least 4 members (excludes halogenated alkanes) is 1. The van der Waals surface area contributed by atoms with E-state index in [2.05, 4.69) is 13.8 Å². The van der Waals surface area contributed by atoms with Crippen LogP contribution in [-0.2, 0) is 14.3 Å². The molecule has 1 saturated carbocycles. The molecule has 0 saturated heterocycles. The minimum atomic E-state index is -1.10. The third-order valence-electron chi connectivity index (χ3n) is 6.85. The van der Waals surface area contributed by atoms with E-state index in [1.807, 2.05) is 30.0 Å². The number of methoxy groups -OCH3 is 1. The van der Waals surface area contributed by atoms with E-state index in [0.29, 0.717) is 36.8 Å². The molecular formula is C27H42N2O5. The molecule has 1 heterocycles. The van der Waals surface area contributed by atoms with Gasteiger partial charge in [0.25, 0.3) is 11.8 Å². The van der Waals surface area contributed by atoms with Gasteiger partial charge in [-0.2, -0.15) is 0 Å². The molecule has 34 heavy (non-hydrogen) atoms. The van der Waals surface area contributed by atoms with Crippen molar-refractivity contribution in [2.45, 2.75) is 90.3 Å². The molecule has 1 atom stereocenters. The van der Waals surface area contributed by atoms with Gasteiger partial charge in [-0.25, -0.2) is 0 Å². The highest BCUT2D eigenvalue weighted by Crippen LogP contribution is 2.39. The van der Waals surface area contributed by atoms with Crippen molar-refractivity contribution in [3.05, 3.63) is 23.8 Å². The first kappa shape index (κ1) is 26.5. The van der Waals surface area contributed by atoms with Gasteiger partial charge in [-0.05, 0) is 71.6 Å². The zero-order valence-corrected chi connectivity index (χ0v) is 21.6. The van der Waals surface area contributed by atoms with Gasteiger partial charge in [-0.1, -0.05) is 19.3 Å². The summed E-state index contributed by atoms with van der Waals surface area (Å²) >= 11 is 0. The average Bonchev–Trinajstić information content (AvgIpc) is 2.83. The molecule has 1 aromatic rings. The number of nitrogens with zero attached hydrogens (tertiary/aromatic N) is 2. The number of fused-ring (bicyclic) bond motifs is 1. The Morgan fingerprint density at radius 3 is 2.62 bits per heavy atom. The summed E-state index contributed by atoms with van der Waals surface area (Å²) in [5, 5.41) is 0. The summed E-state index contributed by atoms with van der Waals surface area (Å²) in [7, 11) is 1.68. The van der Waals surface area contributed by atoms with Gasteiger partial charge >= 0.3 is 0 Å². The van der Waals surface area contributed by atoms with Crippen LogP contribution < -0.4 is 9.64 Å². The van der Waals surface area contributed by atoms with Crippen LogP contribution in [0.3, 0.4) is 0 Å². The summed E-state index contributed by atoms with van der Waals surface area (Å²) in [6.45, 7) is 9.71. The number of rotatable bonds is 11. The van der Waals surface area contributed by atoms with Crippen molar-refractivity contribution in [3.8, 4) is 5.75 Å². The van der Waals surface area contributed by atoms with E-state index in [4.69, 9.17) is 14.2 Å². The molecule has 3 rings (SSSR count). The van der Waals surface area contributed by atoms with Gasteiger partial charge in [0.2, 0.25) is 5.60 Å². The Morgan fingerprint density at radius 2 is 1.97 bits per heavy atom. The molecule has 0 aromatic heterocycles. The minimum absolute atomic E-state index is 0.0270. The lowest BCUT2D eigenvalue weighted by Gasteiger charge is -2.41. The number of benzene rings is 1. The fourth-order valence-corrected chi connectivity index (χ4v) is 5.09. The molecule has 0 spiro atoms. The number of hydrogen-bond acceptors (Lipinski definition) is 5. The molecule has 0 N–H and O–H groups in total. The van der Waals surface area contributed by atoms with Crippen LogP contribution in [0.5, 0.6) is 5.75 Å². The summed E-state index contributed by atoms with van der Waals surface area (Å²) in [5.74, 6) is 0.501. The molecule has 1 aromatic carbocycles. The maximum Gasteiger partial charge on any atom is 0.273 e. The molecule has 0 bridgehead atoms. The lowest BCUT2D eigenvalue weighted by Crippen LogP contribution is -2.57. The maximum absolute atomic E-state index is 13.7. The number of anilines is 1. The Labute approximate surface area is 204 Å². The topological polar surface area (TPSA) is 68.3 Å². The summed E-state index contributed by atoms with van der Waals surface area (Å²) in [6.07, 6.45) is 7.33. The lowest BCUT2D eigenvalue weighted by atomic mass is 9.92. The van der Waals surface area contributed by atoms with Gasteiger partial charge in [0, 0.05) is 44.5 Å². The Kier molecular flexibility index (Phi) is 9.37. The second-order valence-corrected chi connectivity index (χ2v) is 9.91. The average molecular weight is 475 g/mol. The van der Waals surface area contributed by atoms with Crippen LogP contribution in [0.2, 0.25) is 0 Å². The molecule has 1 aliphatic carbocycles. The Hall–Kier alpha value is -2.12. The molecule has 7 heteroatoms. The highest BCUT2D eigenvalue weighted by atomic mass is 16.6. The van der Waals surface area contributed by atoms with Gasteiger partial charge in [0.05, 0.1) is 12.3 Å². The number of carbonyl (C=O) groups excluding carboxylic acids is 2. The van der Waals surface area contributed by atoms with Gasteiger partial charge in [-0.3, -0.25) is 9.59 Å². The van der Waals surface area contributed by atoms with Gasteiger partial charge in [0.1, 0.15) is 5.75 Å². The second kappa shape index (κ2) is 12.0. The lowest BCUT2D eigenvalue weighted by molar-refractivity contribution is -0.139. The summed E-state index contributed by atoms with van der Waals surface area (Å²) in [4.78, 5) is 31.0. The van der Waals surface area contributed by atoms with Crippen molar-refractivity contribution in [1.29, 1.82) is 0 Å². The smallest absolute Gasteiger partial charge is 0.273 e. The van der Waals surface area contributed by atoms with E-state index >= 15 is 0 Å². The first-order valence-corrected chi connectivity index (χ1v) is 12.9. The largest absolute Gasteiger partial charge is 0.473 e. The first-order chi connectivity index (χ1) is 16.3. The maximum atomic E-state index is 13.7. The van der Waals surface area contributed by atoms with E-state index in [9.17, 15) is 9.59 Å². The van der Waals surface area contributed by atoms with E-state index < -0.39 is 5.60 Å². The molecule has 7 nitrogen and oxygen atoms in total. The number of carbonyl (C=O) groups is 2. The predicted molar refractivity (Wildman–Crippen MR) is 134 cm³/mol. The van der Waals surface area contributed by atoms with Crippen LogP contribution in [0.1, 0.15) is 83.0 Å². The number of amides is 2. The molecule has 1 unspecified atom stereocenters. The normalized spacial score (nSPS) is 20.9. The SMILES string of the molecule is CCOCC1(C)Oc2ccc(C(=O)N(C(C)C)C3CCCCC3)cc2N(CCCCOC)C1=O. The summed E-state index contributed by atoms with van der Waals surface area (Å²) < 4.78 is 17.0. The van der Waals surface area contributed by atoms with Crippen molar-refractivity contribution in [1.82, 2.24) is 4.90 Å². The fourth-order valence-electron chi connectivity index (χ4n) is 5.09. The Balaban J connectivity index is 1.92. The molecule has 190 valence electrons. The molecule has 0 radical (unpaired) electrons. The number of hydrogen-bond donors (Lipinski definition) is 0. The third kappa shape index (κ3) is 5.92. The monoisotopic (exact) mass is 474 g/mol. The van der Waals surface area contributed by atoms with Crippen LogP contribution in [-0.4, -0.2) is 67.9 Å². The Bertz CT molecular complexity index is 836. The van der Waals surface area contributed by atoms with E-state index in [1.54, 1.807) is 18.9 Å². The van der Waals surface area contributed by atoms with Crippen molar-refractivity contribution in [2.75, 3.05) is 38.4 Å². The molecular weight excluding hydrogens is 432 g/mol. The van der Waals surface area contributed by atoms with Crippen LogP contribution in [0, 0.1) is 0 Å². The summed E-state index contributed by atoms with van der Waals surface area (Å²) in [6, 6.07) is 5.89. The van der Waals surface area contributed by atoms with Gasteiger partial charge in [0.15, 0.2) is 0 Å². The minimum Gasteiger partial charge on any atom is -0.473 e. The van der Waals surface area contributed by atoms with Crippen molar-refractivity contribution < 1.29 is 23.8 Å². The van der Waals surface area contributed by atoms with E-state index in [1.165, 1.54) is 19.3 Å². The molecule has 1 aliphatic heterocycles. The van der Waals surface area contributed by atoms with E-state index in [0.717, 1.165) is 25.7 Å². The van der Waals surface area contributed by atoms with E-state index in [-0.39, 0.29) is 30.5 Å². The zero-order valence-electron chi connectivity index (χ0n) is 21.6. The Morgan fingerprint density at radius 1 is 1.24 bits per heavy atom. The quantitative estimate of drug-likeness (QED) is 0.430. The third-order valence-corrected chi connectivity index (χ3v) is 6.85. The highest BCUT2D eigenvalue weighted by Gasteiger charge is 2.45. The molecule has 2 amide bonds. The zero-order chi connectivity index (χ0) is 24.7. The number of ether oxygens (including phenoxy) is 3. The first-order valence-electron chi connectivity index (χ1n) is 12.9. The van der Waals surface area contributed by atoms with Gasteiger partial charge in [-0.15, -0.1) is 0 Å². The predicted octanol–water partition coefficient (Wildman–Crippen LogP) is 4.82.